The molecule has 29 heavy (non-hydrogen) atoms. The second-order valence-electron chi connectivity index (χ2n) is 8.55. The van der Waals surface area contributed by atoms with Crippen molar-refractivity contribution in [3.63, 3.8) is 0 Å². The first-order valence-electron chi connectivity index (χ1n) is 10.3. The van der Waals surface area contributed by atoms with Crippen molar-refractivity contribution in [3.8, 4) is 0 Å². The molecule has 2 aromatic rings. The number of carbonyl (C=O) groups excluding carboxylic acids is 1. The summed E-state index contributed by atoms with van der Waals surface area (Å²) in [6, 6.07) is 17.8. The monoisotopic (exact) mass is 475 g/mol. The van der Waals surface area contributed by atoms with Gasteiger partial charge in [0.05, 0.1) is 0 Å². The fraction of sp³-hybridized carbons (Fsp3) is 0.435. The minimum absolute atomic E-state index is 0.00741. The van der Waals surface area contributed by atoms with E-state index in [2.05, 4.69) is 24.3 Å². The summed E-state index contributed by atoms with van der Waals surface area (Å²) in [5, 5.41) is 0. The summed E-state index contributed by atoms with van der Waals surface area (Å²) in [6.07, 6.45) is 2.14. The second-order valence-corrected chi connectivity index (χ2v) is 13.3. The van der Waals surface area contributed by atoms with Gasteiger partial charge in [0, 0.05) is 0 Å². The van der Waals surface area contributed by atoms with Gasteiger partial charge in [0.15, 0.2) is 0 Å². The van der Waals surface area contributed by atoms with E-state index < -0.39 is 9.84 Å². The third-order valence-corrected chi connectivity index (χ3v) is 11.7. The molecule has 0 radical (unpaired) electrons. The van der Waals surface area contributed by atoms with Crippen LogP contribution in [0.25, 0.3) is 0 Å². The van der Waals surface area contributed by atoms with Crippen LogP contribution < -0.4 is 4.46 Å². The molecular formula is C23H25NO3SSe. The zero-order valence-electron chi connectivity index (χ0n) is 16.4. The van der Waals surface area contributed by atoms with Gasteiger partial charge in [0.1, 0.15) is 0 Å². The Morgan fingerprint density at radius 3 is 2.48 bits per heavy atom. The standard InChI is InChI=1S/C23H25NO3SSe/c1-15-7-9-17(10-8-15)28(26,27)12-11-24-21-19-13-16(14-20(19)23(24)25)22(21)29-18-5-3-2-4-6-18/h2-10,16,19-22H,11-14H2,1H3. The zero-order valence-corrected chi connectivity index (χ0v) is 18.9. The van der Waals surface area contributed by atoms with Crippen LogP contribution in [0.2, 0.25) is 4.82 Å². The summed E-state index contributed by atoms with van der Waals surface area (Å²) in [5.41, 5.74) is 1.04. The van der Waals surface area contributed by atoms with Gasteiger partial charge in [0.2, 0.25) is 0 Å². The Morgan fingerprint density at radius 1 is 1.03 bits per heavy atom. The fourth-order valence-electron chi connectivity index (χ4n) is 5.49. The van der Waals surface area contributed by atoms with E-state index in [9.17, 15) is 13.2 Å². The maximum atomic E-state index is 13.1. The maximum absolute atomic E-state index is 13.1. The van der Waals surface area contributed by atoms with Crippen LogP contribution in [0.15, 0.2) is 59.5 Å². The van der Waals surface area contributed by atoms with Crippen molar-refractivity contribution in [1.82, 2.24) is 4.90 Å². The van der Waals surface area contributed by atoms with E-state index in [1.165, 1.54) is 4.46 Å². The SMILES string of the molecule is Cc1ccc(S(=O)(=O)CCN2C(=O)C3CC4CC3C2C4[Se]c2ccccc2)cc1. The molecule has 0 aromatic heterocycles. The fourth-order valence-corrected chi connectivity index (χ4v) is 9.93. The number of nitrogens with zero attached hydrogens (tertiary/aromatic N) is 1. The van der Waals surface area contributed by atoms with Crippen molar-refractivity contribution in [2.75, 3.05) is 12.3 Å². The molecule has 2 bridgehead atoms. The van der Waals surface area contributed by atoms with Crippen molar-refractivity contribution in [2.45, 2.75) is 35.5 Å². The second kappa shape index (κ2) is 7.26. The van der Waals surface area contributed by atoms with Gasteiger partial charge in [-0.1, -0.05) is 0 Å². The van der Waals surface area contributed by atoms with Gasteiger partial charge in [-0.25, -0.2) is 0 Å². The van der Waals surface area contributed by atoms with E-state index in [0.29, 0.717) is 43.0 Å². The Balaban J connectivity index is 1.35. The van der Waals surface area contributed by atoms with E-state index >= 15 is 0 Å². The molecule has 3 aliphatic rings. The average Bonchev–Trinajstić information content (AvgIpc) is 3.33. The van der Waals surface area contributed by atoms with Crippen LogP contribution in [0.4, 0.5) is 0 Å². The molecule has 6 heteroatoms. The number of likely N-dealkylation sites (tertiary alicyclic amines) is 1. The molecule has 1 saturated heterocycles. The van der Waals surface area contributed by atoms with Gasteiger partial charge < -0.3 is 0 Å². The Bertz CT molecular complexity index is 1020. The first-order valence-corrected chi connectivity index (χ1v) is 13.8. The molecule has 0 N–H and O–H groups in total. The Labute approximate surface area is 178 Å². The van der Waals surface area contributed by atoms with Crippen LogP contribution in [0.5, 0.6) is 0 Å². The zero-order chi connectivity index (χ0) is 20.2. The molecule has 5 rings (SSSR count). The molecule has 2 aliphatic carbocycles. The molecule has 3 fully saturated rings. The van der Waals surface area contributed by atoms with Gasteiger partial charge in [0.25, 0.3) is 0 Å². The van der Waals surface area contributed by atoms with E-state index in [4.69, 9.17) is 0 Å². The number of hydrogen-bond acceptors (Lipinski definition) is 3. The normalized spacial score (nSPS) is 30.3. The van der Waals surface area contributed by atoms with E-state index in [1.807, 2.05) is 30.0 Å². The van der Waals surface area contributed by atoms with Crippen LogP contribution in [0.1, 0.15) is 18.4 Å². The summed E-state index contributed by atoms with van der Waals surface area (Å²) in [6.45, 7) is 2.26. The predicted molar refractivity (Wildman–Crippen MR) is 114 cm³/mol. The van der Waals surface area contributed by atoms with Gasteiger partial charge in [-0.15, -0.1) is 0 Å². The number of amides is 1. The van der Waals surface area contributed by atoms with Crippen molar-refractivity contribution >= 4 is 35.2 Å². The summed E-state index contributed by atoms with van der Waals surface area (Å²) in [5.74, 6) is 1.40. The number of fused-ring (bicyclic) bond motifs is 1. The molecule has 1 amide bonds. The molecule has 1 heterocycles. The number of hydrogen-bond donors (Lipinski definition) is 0. The molecular weight excluding hydrogens is 449 g/mol. The number of benzene rings is 2. The van der Waals surface area contributed by atoms with Crippen molar-refractivity contribution in [3.05, 3.63) is 60.2 Å². The third-order valence-electron chi connectivity index (χ3n) is 6.84. The Morgan fingerprint density at radius 2 is 1.76 bits per heavy atom. The third kappa shape index (κ3) is 3.35. The quantitative estimate of drug-likeness (QED) is 0.605. The topological polar surface area (TPSA) is 54.5 Å². The van der Waals surface area contributed by atoms with E-state index in [-0.39, 0.29) is 23.6 Å². The van der Waals surface area contributed by atoms with Crippen LogP contribution in [0.3, 0.4) is 0 Å². The van der Waals surface area contributed by atoms with Crippen molar-refractivity contribution in [1.29, 1.82) is 0 Å². The van der Waals surface area contributed by atoms with Crippen molar-refractivity contribution in [2.24, 2.45) is 17.8 Å². The number of rotatable bonds is 6. The van der Waals surface area contributed by atoms with Crippen LogP contribution >= 0.6 is 0 Å². The van der Waals surface area contributed by atoms with Crippen molar-refractivity contribution < 1.29 is 13.2 Å². The molecule has 2 aromatic carbocycles. The number of aryl methyl sites for hydroxylation is 1. The summed E-state index contributed by atoms with van der Waals surface area (Å²) in [7, 11) is -3.39. The van der Waals surface area contributed by atoms with E-state index in [0.717, 1.165) is 18.4 Å². The summed E-state index contributed by atoms with van der Waals surface area (Å²) >= 11 is 0.314. The summed E-state index contributed by atoms with van der Waals surface area (Å²) in [4.78, 5) is 15.9. The molecule has 152 valence electrons. The molecule has 4 nitrogen and oxygen atoms in total. The Hall–Kier alpha value is -1.62. The minimum atomic E-state index is -3.39. The van der Waals surface area contributed by atoms with Crippen LogP contribution in [-0.2, 0) is 14.6 Å². The molecule has 0 spiro atoms. The molecule has 5 unspecified atom stereocenters. The average molecular weight is 474 g/mol. The molecule has 1 aliphatic heterocycles. The number of carbonyl (C=O) groups is 1. The summed E-state index contributed by atoms with van der Waals surface area (Å²) < 4.78 is 27.0. The van der Waals surface area contributed by atoms with Crippen LogP contribution in [-0.4, -0.2) is 52.5 Å². The van der Waals surface area contributed by atoms with Gasteiger partial charge >= 0.3 is 179 Å². The first kappa shape index (κ1) is 19.3. The molecule has 2 saturated carbocycles. The first-order chi connectivity index (χ1) is 13.9. The van der Waals surface area contributed by atoms with Crippen LogP contribution in [0, 0.1) is 24.7 Å². The molecule has 5 atom stereocenters. The Kier molecular flexibility index (Phi) is 4.84. The van der Waals surface area contributed by atoms with E-state index in [1.54, 1.807) is 12.1 Å². The van der Waals surface area contributed by atoms with Gasteiger partial charge in [-0.05, 0) is 0 Å². The number of sulfone groups is 1. The predicted octanol–water partition coefficient (Wildman–Crippen LogP) is 2.45. The van der Waals surface area contributed by atoms with Gasteiger partial charge in [-0.2, -0.15) is 0 Å². The van der Waals surface area contributed by atoms with Gasteiger partial charge in [-0.3, -0.25) is 0 Å².